The van der Waals surface area contributed by atoms with Crippen molar-refractivity contribution in [2.75, 3.05) is 36.4 Å². The fourth-order valence-corrected chi connectivity index (χ4v) is 4.15. The van der Waals surface area contributed by atoms with Gasteiger partial charge in [0.2, 0.25) is 0 Å². The minimum absolute atomic E-state index is 0.200. The molecule has 162 valence electrons. The summed E-state index contributed by atoms with van der Waals surface area (Å²) in [6.45, 7) is 7.10. The van der Waals surface area contributed by atoms with Crippen LogP contribution in [0.4, 0.5) is 11.4 Å². The topological polar surface area (TPSA) is 52.9 Å². The summed E-state index contributed by atoms with van der Waals surface area (Å²) in [4.78, 5) is 22.0. The van der Waals surface area contributed by atoms with Gasteiger partial charge < -0.3 is 14.6 Å². The molecular formula is C26H27N5O. The molecule has 2 aromatic heterocycles. The Balaban J connectivity index is 1.17. The number of benzene rings is 2. The van der Waals surface area contributed by atoms with Crippen LogP contribution in [0.15, 0.2) is 79.1 Å². The molecule has 4 aromatic rings. The molecule has 1 saturated heterocycles. The number of pyridine rings is 1. The fourth-order valence-electron chi connectivity index (χ4n) is 4.15. The number of nitrogens with zero attached hydrogens (tertiary/aromatic N) is 4. The maximum atomic E-state index is 12.6. The third-order valence-electron chi connectivity index (χ3n) is 5.96. The maximum absolute atomic E-state index is 12.6. The van der Waals surface area contributed by atoms with Crippen molar-refractivity contribution in [3.05, 3.63) is 95.9 Å². The van der Waals surface area contributed by atoms with Crippen LogP contribution in [0.1, 0.15) is 21.6 Å². The first-order chi connectivity index (χ1) is 15.6. The van der Waals surface area contributed by atoms with E-state index in [0.717, 1.165) is 49.6 Å². The van der Waals surface area contributed by atoms with Gasteiger partial charge in [0, 0.05) is 56.5 Å². The first-order valence-electron chi connectivity index (χ1n) is 11.0. The largest absolute Gasteiger partial charge is 0.369 e. The first-order valence-corrected chi connectivity index (χ1v) is 11.0. The molecule has 0 spiro atoms. The number of hydrogen-bond donors (Lipinski definition) is 1. The average molecular weight is 426 g/mol. The Morgan fingerprint density at radius 3 is 2.47 bits per heavy atom. The molecule has 1 aliphatic rings. The van der Waals surface area contributed by atoms with Crippen molar-refractivity contribution >= 4 is 22.9 Å². The predicted molar refractivity (Wildman–Crippen MR) is 128 cm³/mol. The van der Waals surface area contributed by atoms with Crippen molar-refractivity contribution in [3.63, 3.8) is 0 Å². The van der Waals surface area contributed by atoms with Crippen molar-refractivity contribution < 1.29 is 4.79 Å². The highest BCUT2D eigenvalue weighted by Crippen LogP contribution is 2.21. The Morgan fingerprint density at radius 2 is 1.72 bits per heavy atom. The number of fused-ring (bicyclic) bond motifs is 1. The molecule has 1 aliphatic heterocycles. The van der Waals surface area contributed by atoms with Crippen molar-refractivity contribution in [2.24, 2.45) is 0 Å². The van der Waals surface area contributed by atoms with Gasteiger partial charge in [0.15, 0.2) is 0 Å². The minimum atomic E-state index is -0.200. The molecule has 5 rings (SSSR count). The summed E-state index contributed by atoms with van der Waals surface area (Å²) in [5.41, 5.74) is 5.62. The van der Waals surface area contributed by atoms with Gasteiger partial charge in [0.1, 0.15) is 11.3 Å². The van der Waals surface area contributed by atoms with Crippen LogP contribution in [0.2, 0.25) is 0 Å². The van der Waals surface area contributed by atoms with E-state index in [0.29, 0.717) is 5.69 Å². The SMILES string of the molecule is Cc1ccn2cc(C(=O)Nc3ccc(N4CCN(Cc5ccccc5)CC4)cc3)nc2c1. The van der Waals surface area contributed by atoms with Crippen LogP contribution in [-0.2, 0) is 6.54 Å². The smallest absolute Gasteiger partial charge is 0.275 e. The van der Waals surface area contributed by atoms with E-state index >= 15 is 0 Å². The molecule has 6 nitrogen and oxygen atoms in total. The zero-order valence-corrected chi connectivity index (χ0v) is 18.2. The minimum Gasteiger partial charge on any atom is -0.369 e. The maximum Gasteiger partial charge on any atom is 0.275 e. The molecule has 1 N–H and O–H groups in total. The van der Waals surface area contributed by atoms with Crippen LogP contribution in [0.5, 0.6) is 0 Å². The van der Waals surface area contributed by atoms with Gasteiger partial charge in [0.25, 0.3) is 5.91 Å². The highest BCUT2D eigenvalue weighted by Gasteiger charge is 2.17. The number of piperazine rings is 1. The lowest BCUT2D eigenvalue weighted by molar-refractivity contribution is 0.102. The second-order valence-corrected chi connectivity index (χ2v) is 8.35. The van der Waals surface area contributed by atoms with Crippen LogP contribution in [0.25, 0.3) is 5.65 Å². The molecule has 1 amide bonds. The molecule has 0 bridgehead atoms. The second-order valence-electron chi connectivity index (χ2n) is 8.35. The van der Waals surface area contributed by atoms with Crippen LogP contribution < -0.4 is 10.2 Å². The molecular weight excluding hydrogens is 398 g/mol. The summed E-state index contributed by atoms with van der Waals surface area (Å²) in [5, 5.41) is 2.96. The lowest BCUT2D eigenvalue weighted by atomic mass is 10.2. The van der Waals surface area contributed by atoms with Crippen LogP contribution in [0, 0.1) is 6.92 Å². The van der Waals surface area contributed by atoms with Gasteiger partial charge in [-0.15, -0.1) is 0 Å². The molecule has 32 heavy (non-hydrogen) atoms. The quantitative estimate of drug-likeness (QED) is 0.520. The molecule has 0 aliphatic carbocycles. The lowest BCUT2D eigenvalue weighted by Gasteiger charge is -2.36. The van der Waals surface area contributed by atoms with Gasteiger partial charge in [-0.25, -0.2) is 4.98 Å². The van der Waals surface area contributed by atoms with Gasteiger partial charge >= 0.3 is 0 Å². The normalized spacial score (nSPS) is 14.6. The van der Waals surface area contributed by atoms with Crippen molar-refractivity contribution in [3.8, 4) is 0 Å². The van der Waals surface area contributed by atoms with Gasteiger partial charge in [-0.05, 0) is 54.4 Å². The van der Waals surface area contributed by atoms with Crippen molar-refractivity contribution in [1.82, 2.24) is 14.3 Å². The summed E-state index contributed by atoms with van der Waals surface area (Å²) >= 11 is 0. The highest BCUT2D eigenvalue weighted by atomic mass is 16.1. The molecule has 3 heterocycles. The standard InChI is InChI=1S/C26H27N5O/c1-20-11-12-31-19-24(28-25(31)17-20)26(32)27-22-7-9-23(10-8-22)30-15-13-29(14-16-30)18-21-5-3-2-4-6-21/h2-12,17,19H,13-16,18H2,1H3,(H,27,32). The van der Waals surface area contributed by atoms with Crippen molar-refractivity contribution in [1.29, 1.82) is 0 Å². The number of carbonyl (C=O) groups excluding carboxylic acids is 1. The second kappa shape index (κ2) is 8.85. The first kappa shape index (κ1) is 20.3. The van der Waals surface area contributed by atoms with Crippen molar-refractivity contribution in [2.45, 2.75) is 13.5 Å². The van der Waals surface area contributed by atoms with E-state index in [1.165, 1.54) is 11.3 Å². The zero-order chi connectivity index (χ0) is 21.9. The van der Waals surface area contributed by atoms with E-state index in [4.69, 9.17) is 0 Å². The molecule has 0 radical (unpaired) electrons. The number of anilines is 2. The summed E-state index contributed by atoms with van der Waals surface area (Å²) in [5.74, 6) is -0.200. The summed E-state index contributed by atoms with van der Waals surface area (Å²) < 4.78 is 1.86. The van der Waals surface area contributed by atoms with Gasteiger partial charge in [-0.3, -0.25) is 9.69 Å². The molecule has 1 fully saturated rings. The fraction of sp³-hybridized carbons (Fsp3) is 0.231. The number of nitrogens with one attached hydrogen (secondary N) is 1. The molecule has 0 atom stereocenters. The van der Waals surface area contributed by atoms with E-state index in [9.17, 15) is 4.79 Å². The summed E-state index contributed by atoms with van der Waals surface area (Å²) in [7, 11) is 0. The number of imidazole rings is 1. The summed E-state index contributed by atoms with van der Waals surface area (Å²) in [6.07, 6.45) is 3.68. The van der Waals surface area contributed by atoms with E-state index in [-0.39, 0.29) is 5.91 Å². The Kier molecular flexibility index (Phi) is 5.60. The van der Waals surface area contributed by atoms with Crippen LogP contribution in [0.3, 0.4) is 0 Å². The van der Waals surface area contributed by atoms with Gasteiger partial charge in [0.05, 0.1) is 0 Å². The van der Waals surface area contributed by atoms with Crippen LogP contribution in [-0.4, -0.2) is 46.4 Å². The molecule has 2 aromatic carbocycles. The van der Waals surface area contributed by atoms with E-state index in [2.05, 4.69) is 62.6 Å². The number of carbonyl (C=O) groups is 1. The molecule has 0 saturated carbocycles. The summed E-state index contributed by atoms with van der Waals surface area (Å²) in [6, 6.07) is 22.7. The molecule has 6 heteroatoms. The number of aromatic nitrogens is 2. The number of rotatable bonds is 5. The van der Waals surface area contributed by atoms with Gasteiger partial charge in [-0.2, -0.15) is 0 Å². The van der Waals surface area contributed by atoms with E-state index in [1.807, 2.05) is 41.8 Å². The Morgan fingerprint density at radius 1 is 0.969 bits per heavy atom. The number of hydrogen-bond acceptors (Lipinski definition) is 4. The third kappa shape index (κ3) is 4.50. The highest BCUT2D eigenvalue weighted by molar-refractivity contribution is 6.03. The Labute approximate surface area is 188 Å². The Bertz CT molecular complexity index is 1210. The third-order valence-corrected chi connectivity index (χ3v) is 5.96. The zero-order valence-electron chi connectivity index (χ0n) is 18.2. The van der Waals surface area contributed by atoms with Crippen LogP contribution >= 0.6 is 0 Å². The Hall–Kier alpha value is -3.64. The van der Waals surface area contributed by atoms with E-state index in [1.54, 1.807) is 6.20 Å². The predicted octanol–water partition coefficient (Wildman–Crippen LogP) is 4.22. The lowest BCUT2D eigenvalue weighted by Crippen LogP contribution is -2.45. The monoisotopic (exact) mass is 425 g/mol. The number of amides is 1. The average Bonchev–Trinajstić information content (AvgIpc) is 3.24. The number of aryl methyl sites for hydroxylation is 1. The molecule has 0 unspecified atom stereocenters. The van der Waals surface area contributed by atoms with Gasteiger partial charge in [-0.1, -0.05) is 30.3 Å². The van der Waals surface area contributed by atoms with E-state index < -0.39 is 0 Å².